The molecule has 0 N–H and O–H groups in total. The summed E-state index contributed by atoms with van der Waals surface area (Å²) in [5, 5.41) is 0. The Labute approximate surface area is 85.3 Å². The van der Waals surface area contributed by atoms with Crippen molar-refractivity contribution in [3.63, 3.8) is 0 Å². The molecule has 0 aliphatic heterocycles. The molecular weight excluding hydrogens is 330 g/mol. The van der Waals surface area contributed by atoms with E-state index in [1.54, 1.807) is 0 Å². The standard InChI is InChI=1S/C5H5.3CO.Re/c1-2-4-5-3-1;3*1-2;/h1-5H;;;;. The predicted octanol–water partition coefficient (Wildman–Crippen LogP) is 1.20. The Balaban J connectivity index is -0.0000000406. The first kappa shape index (κ1) is 22.5. The van der Waals surface area contributed by atoms with Gasteiger partial charge in [0.05, 0.1) is 0 Å². The van der Waals surface area contributed by atoms with E-state index in [0.29, 0.717) is 0 Å². The third-order valence-electron chi connectivity index (χ3n) is 0.556. The van der Waals surface area contributed by atoms with Gasteiger partial charge in [-0.15, -0.1) is 0 Å². The molecule has 1 aliphatic rings. The molecule has 0 unspecified atom stereocenters. The zero-order chi connectivity index (χ0) is 9.54. The Kier molecular flexibility index (Phi) is 89.5. The zero-order valence-corrected chi connectivity index (χ0v) is 8.71. The molecule has 3 nitrogen and oxygen atoms in total. The van der Waals surface area contributed by atoms with E-state index in [1.165, 1.54) is 0 Å². The van der Waals surface area contributed by atoms with Gasteiger partial charge in [-0.2, -0.15) is 0 Å². The SMILES string of the molecule is [C-]#[O+].[C-]#[O+].[C-]#[O+].[CH]1C=CC=C1.[Re]. The first-order valence-electron chi connectivity index (χ1n) is 2.28. The fourth-order valence-electron chi connectivity index (χ4n) is 0.321. The largest absolute Gasteiger partial charge is 0.0767 e. The molecule has 0 amide bonds. The minimum Gasteiger partial charge on any atom is -0.0767 e. The second-order valence-electron chi connectivity index (χ2n) is 0.962. The zero-order valence-electron chi connectivity index (χ0n) is 5.99. The summed E-state index contributed by atoms with van der Waals surface area (Å²) in [4.78, 5) is 0. The Bertz CT molecular complexity index is 141. The maximum absolute atomic E-state index is 7.50. The average Bonchev–Trinajstić information content (AvgIpc) is 2.71. The summed E-state index contributed by atoms with van der Waals surface area (Å²) in [5.74, 6) is 0. The van der Waals surface area contributed by atoms with Crippen LogP contribution < -0.4 is 0 Å². The molecule has 0 aromatic heterocycles. The van der Waals surface area contributed by atoms with Gasteiger partial charge in [0.25, 0.3) is 0 Å². The summed E-state index contributed by atoms with van der Waals surface area (Å²) in [5.41, 5.74) is 0. The molecule has 0 saturated carbocycles. The molecular formula is C8H5O3Re. The molecule has 0 bridgehead atoms. The van der Waals surface area contributed by atoms with Gasteiger partial charge in [0, 0.05) is 26.8 Å². The average molecular weight is 335 g/mol. The van der Waals surface area contributed by atoms with Gasteiger partial charge in [0.2, 0.25) is 0 Å². The summed E-state index contributed by atoms with van der Waals surface area (Å²) < 4.78 is 22.5. The van der Waals surface area contributed by atoms with Crippen LogP contribution in [-0.2, 0) is 34.4 Å². The summed E-state index contributed by atoms with van der Waals surface area (Å²) in [6.45, 7) is 13.5. The van der Waals surface area contributed by atoms with E-state index >= 15 is 0 Å². The molecule has 0 spiro atoms. The second kappa shape index (κ2) is 47.7. The summed E-state index contributed by atoms with van der Waals surface area (Å²) >= 11 is 0. The van der Waals surface area contributed by atoms with Crippen molar-refractivity contribution in [2.45, 2.75) is 0 Å². The minimum atomic E-state index is 0. The topological polar surface area (TPSA) is 59.7 Å². The van der Waals surface area contributed by atoms with Crippen LogP contribution in [0.4, 0.5) is 0 Å². The molecule has 0 heterocycles. The van der Waals surface area contributed by atoms with Crippen molar-refractivity contribution in [2.75, 3.05) is 0 Å². The summed E-state index contributed by atoms with van der Waals surface area (Å²) in [7, 11) is 0. The quantitative estimate of drug-likeness (QED) is 0.472. The molecule has 12 heavy (non-hydrogen) atoms. The maximum Gasteiger partial charge on any atom is 0.00506 e. The van der Waals surface area contributed by atoms with E-state index in [1.807, 2.05) is 30.7 Å². The Morgan fingerprint density at radius 3 is 0.917 bits per heavy atom. The fourth-order valence-corrected chi connectivity index (χ4v) is 0.321. The smallest absolute Gasteiger partial charge is 0.00506 e. The van der Waals surface area contributed by atoms with Gasteiger partial charge in [0.1, 0.15) is 0 Å². The monoisotopic (exact) mass is 336 g/mol. The summed E-state index contributed by atoms with van der Waals surface area (Å²) in [6, 6.07) is 0. The molecule has 0 aromatic carbocycles. The van der Waals surface area contributed by atoms with Gasteiger partial charge in [-0.25, -0.2) is 0 Å². The van der Waals surface area contributed by atoms with Crippen molar-refractivity contribution in [2.24, 2.45) is 0 Å². The molecule has 2 radical (unpaired) electrons. The number of hydrogen-bond donors (Lipinski definition) is 0. The van der Waals surface area contributed by atoms with Crippen LogP contribution in [0.2, 0.25) is 0 Å². The second-order valence-corrected chi connectivity index (χ2v) is 0.962. The molecule has 0 fully saturated rings. The summed E-state index contributed by atoms with van der Waals surface area (Å²) in [6.07, 6.45) is 10.0. The van der Waals surface area contributed by atoms with E-state index in [2.05, 4.69) is 20.0 Å². The van der Waals surface area contributed by atoms with Gasteiger partial charge in [-0.05, 0) is 0 Å². The van der Waals surface area contributed by atoms with E-state index in [0.717, 1.165) is 0 Å². The van der Waals surface area contributed by atoms with Crippen molar-refractivity contribution >= 4 is 0 Å². The van der Waals surface area contributed by atoms with Crippen LogP contribution >= 0.6 is 0 Å². The van der Waals surface area contributed by atoms with E-state index in [9.17, 15) is 0 Å². The minimum absolute atomic E-state index is 0. The Morgan fingerprint density at radius 2 is 0.833 bits per heavy atom. The van der Waals surface area contributed by atoms with Gasteiger partial charge in [-0.3, -0.25) is 0 Å². The van der Waals surface area contributed by atoms with Crippen LogP contribution in [0.25, 0.3) is 0 Å². The van der Waals surface area contributed by atoms with Gasteiger partial charge in [0.15, 0.2) is 0 Å². The van der Waals surface area contributed by atoms with Crippen LogP contribution in [0, 0.1) is 26.4 Å². The van der Waals surface area contributed by atoms with Crippen molar-refractivity contribution in [3.8, 4) is 0 Å². The van der Waals surface area contributed by atoms with Crippen LogP contribution in [0.1, 0.15) is 0 Å². The van der Waals surface area contributed by atoms with Crippen molar-refractivity contribution in [1.29, 1.82) is 0 Å². The van der Waals surface area contributed by atoms with Crippen LogP contribution in [0.5, 0.6) is 0 Å². The molecule has 62 valence electrons. The van der Waals surface area contributed by atoms with E-state index < -0.39 is 0 Å². The Hall–Kier alpha value is -0.638. The van der Waals surface area contributed by atoms with Gasteiger partial charge in [-0.1, -0.05) is 24.3 Å². The third kappa shape index (κ3) is 34.4. The van der Waals surface area contributed by atoms with Crippen LogP contribution in [-0.4, -0.2) is 0 Å². The molecule has 4 heteroatoms. The molecule has 0 atom stereocenters. The first-order chi connectivity index (χ1) is 5.50. The molecule has 0 saturated heterocycles. The number of rotatable bonds is 0. The van der Waals surface area contributed by atoms with Crippen molar-refractivity contribution in [1.82, 2.24) is 0 Å². The first-order valence-corrected chi connectivity index (χ1v) is 2.28. The number of allylic oxidation sites excluding steroid dienone is 4. The van der Waals surface area contributed by atoms with E-state index in [4.69, 9.17) is 14.0 Å². The van der Waals surface area contributed by atoms with E-state index in [-0.39, 0.29) is 20.4 Å². The van der Waals surface area contributed by atoms with Gasteiger partial charge < -0.3 is 0 Å². The molecule has 0 aromatic rings. The maximum atomic E-state index is 7.50. The van der Waals surface area contributed by atoms with Gasteiger partial charge >= 0.3 is 33.9 Å². The normalized spacial score (nSPS) is 7.83. The van der Waals surface area contributed by atoms with Crippen LogP contribution in [0.15, 0.2) is 24.3 Å². The number of hydrogen-bond acceptors (Lipinski definition) is 0. The van der Waals surface area contributed by atoms with Crippen molar-refractivity contribution < 1.29 is 34.4 Å². The van der Waals surface area contributed by atoms with Crippen LogP contribution in [0.3, 0.4) is 0 Å². The third-order valence-corrected chi connectivity index (χ3v) is 0.556. The molecule has 1 aliphatic carbocycles. The molecule has 1 rings (SSSR count). The van der Waals surface area contributed by atoms with Crippen molar-refractivity contribution in [3.05, 3.63) is 50.7 Å². The fraction of sp³-hybridized carbons (Fsp3) is 0. The predicted molar refractivity (Wildman–Crippen MR) is 34.4 cm³/mol. The Morgan fingerprint density at radius 1 is 0.583 bits per heavy atom.